The summed E-state index contributed by atoms with van der Waals surface area (Å²) in [7, 11) is 0. The average Bonchev–Trinajstić information content (AvgIpc) is 2.74. The van der Waals surface area contributed by atoms with Crippen molar-refractivity contribution in [2.75, 3.05) is 6.61 Å². The minimum Gasteiger partial charge on any atom is -0.508 e. The lowest BCUT2D eigenvalue weighted by atomic mass is 9.94. The molecule has 0 unspecified atom stereocenters. The molecule has 11 heteroatoms. The molecule has 0 bridgehead atoms. The SMILES string of the molecule is O=C1C[C@@H](c2ccc(O)c(O)c2)Oc2cc(O)cc(O[C@@H]3[C@@H](O)[C@H](O)[C@@H](CO)O[C@H]3O)c21. The first-order valence-electron chi connectivity index (χ1n) is 9.75. The van der Waals surface area contributed by atoms with E-state index >= 15 is 0 Å². The number of phenols is 3. The van der Waals surface area contributed by atoms with Crippen molar-refractivity contribution in [3.05, 3.63) is 41.5 Å². The number of phenolic OH excluding ortho intramolecular Hbond substituents is 3. The van der Waals surface area contributed by atoms with Crippen LogP contribution in [0.2, 0.25) is 0 Å². The fourth-order valence-corrected chi connectivity index (χ4v) is 3.77. The number of ether oxygens (including phenoxy) is 3. The summed E-state index contributed by atoms with van der Waals surface area (Å²) >= 11 is 0. The van der Waals surface area contributed by atoms with E-state index in [0.29, 0.717) is 5.56 Å². The summed E-state index contributed by atoms with van der Waals surface area (Å²) in [6.07, 6.45) is -8.72. The van der Waals surface area contributed by atoms with Crippen molar-refractivity contribution in [3.63, 3.8) is 0 Å². The van der Waals surface area contributed by atoms with E-state index in [1.165, 1.54) is 24.3 Å². The number of Topliss-reactive ketones (excluding diaryl/α,β-unsaturated/α-hetero) is 1. The number of rotatable bonds is 4. The van der Waals surface area contributed by atoms with Crippen LogP contribution >= 0.6 is 0 Å². The number of benzene rings is 2. The molecule has 0 amide bonds. The summed E-state index contributed by atoms with van der Waals surface area (Å²) in [5, 5.41) is 69.0. The van der Waals surface area contributed by atoms with Gasteiger partial charge in [0.2, 0.25) is 0 Å². The molecule has 0 radical (unpaired) electrons. The Morgan fingerprint density at radius 3 is 2.44 bits per heavy atom. The van der Waals surface area contributed by atoms with Crippen molar-refractivity contribution in [1.29, 1.82) is 0 Å². The van der Waals surface area contributed by atoms with E-state index in [1.807, 2.05) is 0 Å². The van der Waals surface area contributed by atoms with Crippen LogP contribution in [-0.2, 0) is 4.74 Å². The van der Waals surface area contributed by atoms with Crippen LogP contribution in [0.15, 0.2) is 30.3 Å². The Balaban J connectivity index is 1.64. The van der Waals surface area contributed by atoms with E-state index in [2.05, 4.69) is 0 Å². The van der Waals surface area contributed by atoms with E-state index < -0.39 is 49.2 Å². The zero-order valence-corrected chi connectivity index (χ0v) is 16.5. The predicted molar refractivity (Wildman–Crippen MR) is 105 cm³/mol. The van der Waals surface area contributed by atoms with Gasteiger partial charge in [0, 0.05) is 12.1 Å². The van der Waals surface area contributed by atoms with Gasteiger partial charge in [-0.2, -0.15) is 0 Å². The van der Waals surface area contributed by atoms with E-state index in [1.54, 1.807) is 0 Å². The molecule has 7 N–H and O–H groups in total. The Hall–Kier alpha value is -3.09. The van der Waals surface area contributed by atoms with Crippen LogP contribution in [0.5, 0.6) is 28.7 Å². The molecule has 2 aliphatic rings. The van der Waals surface area contributed by atoms with Crippen molar-refractivity contribution >= 4 is 5.78 Å². The zero-order valence-electron chi connectivity index (χ0n) is 16.5. The van der Waals surface area contributed by atoms with Crippen LogP contribution in [0.3, 0.4) is 0 Å². The molecule has 2 aliphatic heterocycles. The van der Waals surface area contributed by atoms with Gasteiger partial charge in [-0.25, -0.2) is 0 Å². The molecule has 172 valence electrons. The second kappa shape index (κ2) is 8.45. The quantitative estimate of drug-likeness (QED) is 0.303. The molecule has 0 saturated carbocycles. The van der Waals surface area contributed by atoms with E-state index in [9.17, 15) is 40.5 Å². The molecule has 1 fully saturated rings. The second-order valence-electron chi connectivity index (χ2n) is 7.61. The highest BCUT2D eigenvalue weighted by Crippen LogP contribution is 2.44. The zero-order chi connectivity index (χ0) is 23.2. The van der Waals surface area contributed by atoms with Crippen molar-refractivity contribution in [1.82, 2.24) is 0 Å². The van der Waals surface area contributed by atoms with Gasteiger partial charge in [-0.05, 0) is 17.7 Å². The number of aliphatic hydroxyl groups excluding tert-OH is 4. The summed E-state index contributed by atoms with van der Waals surface area (Å²) in [4.78, 5) is 12.9. The van der Waals surface area contributed by atoms with Gasteiger partial charge in [-0.1, -0.05) is 6.07 Å². The van der Waals surface area contributed by atoms with Crippen LogP contribution in [-0.4, -0.2) is 78.8 Å². The van der Waals surface area contributed by atoms with Gasteiger partial charge in [-0.3, -0.25) is 4.79 Å². The fraction of sp³-hybridized carbons (Fsp3) is 0.381. The summed E-state index contributed by atoms with van der Waals surface area (Å²) in [6, 6.07) is 6.26. The number of hydrogen-bond acceptors (Lipinski definition) is 11. The Morgan fingerprint density at radius 1 is 1.00 bits per heavy atom. The van der Waals surface area contributed by atoms with Crippen molar-refractivity contribution in [3.8, 4) is 28.7 Å². The molecule has 2 aromatic carbocycles. The van der Waals surface area contributed by atoms with Crippen LogP contribution in [0.25, 0.3) is 0 Å². The summed E-state index contributed by atoms with van der Waals surface area (Å²) in [5.41, 5.74) is 0.357. The van der Waals surface area contributed by atoms with Gasteiger partial charge in [0.1, 0.15) is 47.2 Å². The number of carbonyl (C=O) groups is 1. The van der Waals surface area contributed by atoms with Crippen LogP contribution in [0.4, 0.5) is 0 Å². The first-order chi connectivity index (χ1) is 15.2. The largest absolute Gasteiger partial charge is 0.508 e. The van der Waals surface area contributed by atoms with Gasteiger partial charge in [0.25, 0.3) is 0 Å². The molecule has 2 heterocycles. The van der Waals surface area contributed by atoms with E-state index in [4.69, 9.17) is 14.2 Å². The molecule has 32 heavy (non-hydrogen) atoms. The Labute approximate surface area is 181 Å². The third kappa shape index (κ3) is 3.92. The lowest BCUT2D eigenvalue weighted by molar-refractivity contribution is -0.280. The summed E-state index contributed by atoms with van der Waals surface area (Å²) in [6.45, 7) is -0.649. The first-order valence-corrected chi connectivity index (χ1v) is 9.75. The molecule has 0 spiro atoms. The normalized spacial score (nSPS) is 29.8. The molecule has 0 aliphatic carbocycles. The van der Waals surface area contributed by atoms with Gasteiger partial charge in [0.05, 0.1) is 13.0 Å². The number of hydrogen-bond donors (Lipinski definition) is 7. The molecule has 1 saturated heterocycles. The van der Waals surface area contributed by atoms with Crippen LogP contribution < -0.4 is 9.47 Å². The minimum absolute atomic E-state index is 0.0386. The highest BCUT2D eigenvalue weighted by atomic mass is 16.7. The second-order valence-corrected chi connectivity index (χ2v) is 7.61. The molecule has 6 atom stereocenters. The van der Waals surface area contributed by atoms with Crippen molar-refractivity contribution in [2.24, 2.45) is 0 Å². The number of aromatic hydroxyl groups is 3. The summed E-state index contributed by atoms with van der Waals surface area (Å²) < 4.78 is 16.4. The minimum atomic E-state index is -1.74. The molecule has 2 aromatic rings. The Morgan fingerprint density at radius 2 is 1.75 bits per heavy atom. The molecule has 0 aromatic heterocycles. The number of fused-ring (bicyclic) bond motifs is 1. The molecular formula is C21H22O11. The Kier molecular flexibility index (Phi) is 5.84. The average molecular weight is 450 g/mol. The fourth-order valence-electron chi connectivity index (χ4n) is 3.77. The van der Waals surface area contributed by atoms with Crippen molar-refractivity contribution in [2.45, 2.75) is 43.2 Å². The van der Waals surface area contributed by atoms with E-state index in [0.717, 1.165) is 6.07 Å². The number of aliphatic hydroxyl groups is 4. The Bertz CT molecular complexity index is 1020. The maximum absolute atomic E-state index is 12.9. The number of ketones is 1. The number of carbonyl (C=O) groups excluding carboxylic acids is 1. The smallest absolute Gasteiger partial charge is 0.195 e. The monoisotopic (exact) mass is 450 g/mol. The topological polar surface area (TPSA) is 186 Å². The molecular weight excluding hydrogens is 428 g/mol. The highest BCUT2D eigenvalue weighted by molar-refractivity contribution is 6.02. The third-order valence-electron chi connectivity index (χ3n) is 5.45. The lowest BCUT2D eigenvalue weighted by Gasteiger charge is -2.40. The maximum atomic E-state index is 12.9. The third-order valence-corrected chi connectivity index (χ3v) is 5.45. The van der Waals surface area contributed by atoms with Crippen LogP contribution in [0, 0.1) is 0 Å². The first kappa shape index (κ1) is 22.1. The van der Waals surface area contributed by atoms with Gasteiger partial charge < -0.3 is 50.0 Å². The van der Waals surface area contributed by atoms with Crippen molar-refractivity contribution < 1.29 is 54.8 Å². The highest BCUT2D eigenvalue weighted by Gasteiger charge is 2.46. The standard InChI is InChI=1S/C21H22O11/c22-7-16-18(27)19(28)20(21(29)32-16)31-15-5-9(23)4-14-17(15)12(26)6-13(30-14)8-1-2-10(24)11(25)3-8/h1-5,13,16,18-25,27-29H,6-7H2/t13-,16+,18+,19-,20+,21+/m0/s1. The van der Waals surface area contributed by atoms with Gasteiger partial charge in [0.15, 0.2) is 29.7 Å². The predicted octanol–water partition coefficient (Wildman–Crippen LogP) is -0.311. The lowest BCUT2D eigenvalue weighted by Crippen LogP contribution is -2.60. The maximum Gasteiger partial charge on any atom is 0.195 e. The van der Waals surface area contributed by atoms with Gasteiger partial charge in [-0.15, -0.1) is 0 Å². The van der Waals surface area contributed by atoms with Gasteiger partial charge >= 0.3 is 0 Å². The molecule has 4 rings (SSSR count). The molecule has 11 nitrogen and oxygen atoms in total. The van der Waals surface area contributed by atoms with Crippen LogP contribution in [0.1, 0.15) is 28.4 Å². The summed E-state index contributed by atoms with van der Waals surface area (Å²) in [5.74, 6) is -1.75. The van der Waals surface area contributed by atoms with E-state index in [-0.39, 0.29) is 40.7 Å².